The second-order valence-corrected chi connectivity index (χ2v) is 10.2. The number of rotatable bonds is 2. The van der Waals surface area contributed by atoms with Crippen molar-refractivity contribution in [2.75, 3.05) is 11.6 Å². The highest BCUT2D eigenvalue weighted by atomic mass is 32.2. The average molecular weight is 402 g/mol. The maximum Gasteiger partial charge on any atom is 0.139 e. The monoisotopic (exact) mass is 401 g/mol. The number of hydrogen-bond donors (Lipinski definition) is 1. The molecule has 1 aliphatic heterocycles. The van der Waals surface area contributed by atoms with Gasteiger partial charge in [0.15, 0.2) is 0 Å². The molecule has 148 valence electrons. The number of Topliss-reactive ketones (excluding diaryl/α,β-unsaturated/α-hetero) is 1. The third kappa shape index (κ3) is 3.16. The molecule has 1 saturated carbocycles. The molecule has 1 fully saturated rings. The highest BCUT2D eigenvalue weighted by molar-refractivity contribution is 7.98. The largest absolute Gasteiger partial charge is 0.377 e. The molecule has 3 aromatic rings. The van der Waals surface area contributed by atoms with Gasteiger partial charge in [-0.1, -0.05) is 56.3 Å². The van der Waals surface area contributed by atoms with E-state index in [9.17, 15) is 4.79 Å². The number of benzene rings is 3. The van der Waals surface area contributed by atoms with Gasteiger partial charge in [0.2, 0.25) is 0 Å². The van der Waals surface area contributed by atoms with Gasteiger partial charge in [-0.25, -0.2) is 0 Å². The Morgan fingerprint density at radius 2 is 1.76 bits per heavy atom. The summed E-state index contributed by atoms with van der Waals surface area (Å²) in [5.74, 6) is 0.636. The number of ketones is 1. The van der Waals surface area contributed by atoms with Crippen LogP contribution in [0.4, 0.5) is 5.69 Å². The molecule has 2 aliphatic rings. The molecule has 0 spiro atoms. The number of anilines is 1. The van der Waals surface area contributed by atoms with Crippen LogP contribution in [0.5, 0.6) is 0 Å². The molecule has 2 nitrogen and oxygen atoms in total. The van der Waals surface area contributed by atoms with Crippen molar-refractivity contribution in [3.05, 3.63) is 71.8 Å². The van der Waals surface area contributed by atoms with Gasteiger partial charge in [0.05, 0.1) is 6.04 Å². The van der Waals surface area contributed by atoms with Crippen LogP contribution in [-0.2, 0) is 4.79 Å². The Labute approximate surface area is 177 Å². The first kappa shape index (κ1) is 18.7. The van der Waals surface area contributed by atoms with Gasteiger partial charge < -0.3 is 5.32 Å². The zero-order valence-corrected chi connectivity index (χ0v) is 18.1. The SMILES string of the molecule is CSc1ccc(C2Nc3ccc4ccccc4c3C3CC(C)(C)CC(=O)C32)cc1. The summed E-state index contributed by atoms with van der Waals surface area (Å²) in [4.78, 5) is 14.7. The zero-order valence-electron chi connectivity index (χ0n) is 17.2. The highest BCUT2D eigenvalue weighted by Crippen LogP contribution is 2.55. The van der Waals surface area contributed by atoms with Crippen LogP contribution in [-0.4, -0.2) is 12.0 Å². The summed E-state index contributed by atoms with van der Waals surface area (Å²) in [5.41, 5.74) is 3.78. The standard InChI is InChI=1S/C26H27NOS/c1-26(2)14-20-23-19-7-5-4-6-16(19)10-13-21(23)27-25(24(20)22(28)15-26)17-8-11-18(29-3)12-9-17/h4-13,20,24-25,27H,14-15H2,1-3H3. The minimum atomic E-state index is -0.0125. The highest BCUT2D eigenvalue weighted by Gasteiger charge is 2.48. The number of carbonyl (C=O) groups is 1. The lowest BCUT2D eigenvalue weighted by molar-refractivity contribution is -0.129. The minimum Gasteiger partial charge on any atom is -0.377 e. The zero-order chi connectivity index (χ0) is 20.2. The Balaban J connectivity index is 1.69. The molecule has 0 amide bonds. The lowest BCUT2D eigenvalue weighted by Crippen LogP contribution is -2.44. The molecule has 0 radical (unpaired) electrons. The summed E-state index contributed by atoms with van der Waals surface area (Å²) in [7, 11) is 0. The van der Waals surface area contributed by atoms with Crippen LogP contribution in [0.25, 0.3) is 10.8 Å². The van der Waals surface area contributed by atoms with Crippen molar-refractivity contribution in [3.8, 4) is 0 Å². The molecule has 3 heteroatoms. The van der Waals surface area contributed by atoms with Crippen LogP contribution < -0.4 is 5.32 Å². The molecular formula is C26H27NOS. The molecule has 1 N–H and O–H groups in total. The molecule has 3 atom stereocenters. The molecule has 1 heterocycles. The van der Waals surface area contributed by atoms with E-state index in [4.69, 9.17) is 0 Å². The van der Waals surface area contributed by atoms with Crippen molar-refractivity contribution in [2.45, 2.75) is 43.5 Å². The van der Waals surface area contributed by atoms with Crippen LogP contribution in [0, 0.1) is 11.3 Å². The van der Waals surface area contributed by atoms with Gasteiger partial charge in [-0.2, -0.15) is 0 Å². The third-order valence-corrected chi connectivity index (χ3v) is 7.46. The molecule has 3 unspecified atom stereocenters. The predicted octanol–water partition coefficient (Wildman–Crippen LogP) is 6.82. The van der Waals surface area contributed by atoms with Crippen molar-refractivity contribution >= 4 is 34.0 Å². The van der Waals surface area contributed by atoms with Crippen molar-refractivity contribution in [1.29, 1.82) is 0 Å². The number of fused-ring (bicyclic) bond motifs is 5. The molecule has 0 bridgehead atoms. The van der Waals surface area contributed by atoms with Crippen molar-refractivity contribution in [1.82, 2.24) is 0 Å². The summed E-state index contributed by atoms with van der Waals surface area (Å²) in [5, 5.41) is 6.31. The summed E-state index contributed by atoms with van der Waals surface area (Å²) in [6.45, 7) is 4.49. The summed E-state index contributed by atoms with van der Waals surface area (Å²) in [6.07, 6.45) is 3.80. The number of hydrogen-bond acceptors (Lipinski definition) is 3. The summed E-state index contributed by atoms with van der Waals surface area (Å²) < 4.78 is 0. The molecule has 3 aromatic carbocycles. The van der Waals surface area contributed by atoms with Gasteiger partial charge in [0.25, 0.3) is 0 Å². The first-order valence-electron chi connectivity index (χ1n) is 10.4. The minimum absolute atomic E-state index is 0.0125. The second kappa shape index (κ2) is 6.91. The molecule has 0 aromatic heterocycles. The van der Waals surface area contributed by atoms with Gasteiger partial charge in [-0.3, -0.25) is 4.79 Å². The molecule has 29 heavy (non-hydrogen) atoms. The molecule has 0 saturated heterocycles. The fourth-order valence-electron chi connectivity index (χ4n) is 5.49. The van der Waals surface area contributed by atoms with Crippen molar-refractivity contribution < 1.29 is 4.79 Å². The van der Waals surface area contributed by atoms with E-state index in [1.165, 1.54) is 32.5 Å². The van der Waals surface area contributed by atoms with Gasteiger partial charge in [-0.05, 0) is 64.1 Å². The van der Waals surface area contributed by atoms with E-state index < -0.39 is 0 Å². The first-order valence-corrected chi connectivity index (χ1v) is 11.6. The van der Waals surface area contributed by atoms with Crippen molar-refractivity contribution in [2.24, 2.45) is 11.3 Å². The van der Waals surface area contributed by atoms with E-state index in [2.05, 4.69) is 86.1 Å². The van der Waals surface area contributed by atoms with Crippen LogP contribution in [0.15, 0.2) is 65.6 Å². The summed E-state index contributed by atoms with van der Waals surface area (Å²) in [6, 6.07) is 21.8. The lowest BCUT2D eigenvalue weighted by atomic mass is 9.60. The van der Waals surface area contributed by atoms with E-state index in [1.54, 1.807) is 11.8 Å². The predicted molar refractivity (Wildman–Crippen MR) is 123 cm³/mol. The second-order valence-electron chi connectivity index (χ2n) is 9.29. The van der Waals surface area contributed by atoms with Crippen LogP contribution in [0.3, 0.4) is 0 Å². The quantitative estimate of drug-likeness (QED) is 0.478. The van der Waals surface area contributed by atoms with Crippen LogP contribution >= 0.6 is 11.8 Å². The van der Waals surface area contributed by atoms with E-state index in [0.29, 0.717) is 12.2 Å². The topological polar surface area (TPSA) is 29.1 Å². The molecular weight excluding hydrogens is 374 g/mol. The van der Waals surface area contributed by atoms with Crippen molar-refractivity contribution in [3.63, 3.8) is 0 Å². The van der Waals surface area contributed by atoms with Crippen LogP contribution in [0.2, 0.25) is 0 Å². The Bertz CT molecular complexity index is 1090. The number of carbonyl (C=O) groups excluding carboxylic acids is 1. The fraction of sp³-hybridized carbons (Fsp3) is 0.346. The number of thioether (sulfide) groups is 1. The Hall–Kier alpha value is -2.26. The maximum absolute atomic E-state index is 13.5. The summed E-state index contributed by atoms with van der Waals surface area (Å²) >= 11 is 1.75. The van der Waals surface area contributed by atoms with Crippen LogP contribution in [0.1, 0.15) is 49.8 Å². The average Bonchev–Trinajstić information content (AvgIpc) is 2.72. The van der Waals surface area contributed by atoms with Gasteiger partial charge in [0.1, 0.15) is 5.78 Å². The molecule has 5 rings (SSSR count). The maximum atomic E-state index is 13.5. The molecule has 1 aliphatic carbocycles. The van der Waals surface area contributed by atoms with E-state index in [0.717, 1.165) is 6.42 Å². The number of nitrogens with one attached hydrogen (secondary N) is 1. The van der Waals surface area contributed by atoms with Gasteiger partial charge in [0, 0.05) is 22.9 Å². The van der Waals surface area contributed by atoms with Gasteiger partial charge >= 0.3 is 0 Å². The Kier molecular flexibility index (Phi) is 4.47. The fourth-order valence-corrected chi connectivity index (χ4v) is 5.90. The Morgan fingerprint density at radius 1 is 1.00 bits per heavy atom. The van der Waals surface area contributed by atoms with E-state index >= 15 is 0 Å². The first-order chi connectivity index (χ1) is 14.0. The third-order valence-electron chi connectivity index (χ3n) is 6.72. The van der Waals surface area contributed by atoms with E-state index in [1.807, 2.05) is 0 Å². The van der Waals surface area contributed by atoms with Gasteiger partial charge in [-0.15, -0.1) is 11.8 Å². The van der Waals surface area contributed by atoms with E-state index in [-0.39, 0.29) is 23.3 Å². The smallest absolute Gasteiger partial charge is 0.139 e. The lowest BCUT2D eigenvalue weighted by Gasteiger charge is -2.47. The normalized spacial score (nSPS) is 25.2. The Morgan fingerprint density at radius 3 is 2.52 bits per heavy atom.